The summed E-state index contributed by atoms with van der Waals surface area (Å²) in [5.74, 6) is 0.625. The highest BCUT2D eigenvalue weighted by Gasteiger charge is 2.17. The van der Waals surface area contributed by atoms with Crippen LogP contribution in [-0.2, 0) is 0 Å². The van der Waals surface area contributed by atoms with Crippen LogP contribution in [0.2, 0.25) is 5.02 Å². The van der Waals surface area contributed by atoms with Crippen LogP contribution in [0.5, 0.6) is 23.0 Å². The fourth-order valence-electron chi connectivity index (χ4n) is 2.88. The summed E-state index contributed by atoms with van der Waals surface area (Å²) in [4.78, 5) is 24.8. The molecular weight excluding hydrogens is 460 g/mol. The molecule has 9 heteroatoms. The molecule has 0 bridgehead atoms. The number of rotatable bonds is 9. The zero-order valence-electron chi connectivity index (χ0n) is 18.8. The first-order chi connectivity index (χ1) is 16.4. The molecule has 0 aliphatic carbocycles. The van der Waals surface area contributed by atoms with E-state index in [-0.39, 0.29) is 22.4 Å². The van der Waals surface area contributed by atoms with Gasteiger partial charge in [-0.1, -0.05) is 11.6 Å². The van der Waals surface area contributed by atoms with Crippen LogP contribution < -0.4 is 24.4 Å². The number of nitrogens with zero attached hydrogens (tertiary/aromatic N) is 1. The average Bonchev–Trinajstić information content (AvgIpc) is 2.86. The van der Waals surface area contributed by atoms with Gasteiger partial charge >= 0.3 is 5.97 Å². The molecule has 0 atom stereocenters. The Labute approximate surface area is 202 Å². The van der Waals surface area contributed by atoms with Crippen molar-refractivity contribution in [2.75, 3.05) is 20.8 Å². The van der Waals surface area contributed by atoms with E-state index in [4.69, 9.17) is 30.5 Å². The smallest absolute Gasteiger partial charge is 0.343 e. The van der Waals surface area contributed by atoms with Crippen molar-refractivity contribution in [2.45, 2.75) is 6.92 Å². The third kappa shape index (κ3) is 6.26. The maximum absolute atomic E-state index is 12.6. The Morgan fingerprint density at radius 2 is 1.53 bits per heavy atom. The van der Waals surface area contributed by atoms with Crippen molar-refractivity contribution in [1.82, 2.24) is 5.43 Å². The molecular formula is C25H23ClN2O6. The van der Waals surface area contributed by atoms with E-state index in [0.29, 0.717) is 34.8 Å². The minimum absolute atomic E-state index is 0.0868. The van der Waals surface area contributed by atoms with Crippen molar-refractivity contribution in [3.63, 3.8) is 0 Å². The molecule has 0 spiro atoms. The number of hydrogen-bond donors (Lipinski definition) is 1. The summed E-state index contributed by atoms with van der Waals surface area (Å²) in [6.07, 6.45) is 1.41. The summed E-state index contributed by atoms with van der Waals surface area (Å²) >= 11 is 6.38. The lowest BCUT2D eigenvalue weighted by Crippen LogP contribution is -2.17. The van der Waals surface area contributed by atoms with E-state index >= 15 is 0 Å². The largest absolute Gasteiger partial charge is 0.497 e. The highest BCUT2D eigenvalue weighted by atomic mass is 35.5. The van der Waals surface area contributed by atoms with Crippen LogP contribution in [0.4, 0.5) is 0 Å². The molecule has 0 heterocycles. The summed E-state index contributed by atoms with van der Waals surface area (Å²) in [5.41, 5.74) is 3.73. The summed E-state index contributed by atoms with van der Waals surface area (Å²) in [6.45, 7) is 2.11. The second-order valence-electron chi connectivity index (χ2n) is 6.81. The van der Waals surface area contributed by atoms with Gasteiger partial charge < -0.3 is 18.9 Å². The second-order valence-corrected chi connectivity index (χ2v) is 7.22. The predicted molar refractivity (Wildman–Crippen MR) is 129 cm³/mol. The molecule has 0 unspecified atom stereocenters. The van der Waals surface area contributed by atoms with E-state index in [1.54, 1.807) is 74.7 Å². The molecule has 3 aromatic rings. The number of halogens is 1. The lowest BCUT2D eigenvalue weighted by Gasteiger charge is -2.13. The number of methoxy groups -OCH3 is 2. The van der Waals surface area contributed by atoms with Gasteiger partial charge in [0.15, 0.2) is 11.5 Å². The number of hydrazone groups is 1. The van der Waals surface area contributed by atoms with Gasteiger partial charge in [-0.15, -0.1) is 0 Å². The summed E-state index contributed by atoms with van der Waals surface area (Å²) in [6, 6.07) is 16.2. The molecule has 3 aromatic carbocycles. The molecule has 0 aliphatic heterocycles. The van der Waals surface area contributed by atoms with E-state index in [1.807, 2.05) is 0 Å². The molecule has 0 radical (unpaired) electrons. The molecule has 3 rings (SSSR count). The van der Waals surface area contributed by atoms with E-state index < -0.39 is 5.97 Å². The van der Waals surface area contributed by atoms with Gasteiger partial charge in [-0.3, -0.25) is 4.79 Å². The topological polar surface area (TPSA) is 95.5 Å². The van der Waals surface area contributed by atoms with Gasteiger partial charge in [0.1, 0.15) is 11.5 Å². The van der Waals surface area contributed by atoms with Gasteiger partial charge in [-0.25, -0.2) is 10.2 Å². The maximum Gasteiger partial charge on any atom is 0.343 e. The van der Waals surface area contributed by atoms with Gasteiger partial charge in [0, 0.05) is 5.56 Å². The number of nitrogens with one attached hydrogen (secondary N) is 1. The first-order valence-corrected chi connectivity index (χ1v) is 10.6. The zero-order valence-corrected chi connectivity index (χ0v) is 19.6. The fourth-order valence-corrected chi connectivity index (χ4v) is 3.13. The lowest BCUT2D eigenvalue weighted by molar-refractivity contribution is 0.0728. The molecule has 1 N–H and O–H groups in total. The van der Waals surface area contributed by atoms with Crippen molar-refractivity contribution in [3.05, 3.63) is 82.4 Å². The maximum atomic E-state index is 12.6. The van der Waals surface area contributed by atoms with Crippen LogP contribution in [0.1, 0.15) is 33.2 Å². The summed E-state index contributed by atoms with van der Waals surface area (Å²) < 4.78 is 21.3. The van der Waals surface area contributed by atoms with Crippen molar-refractivity contribution in [3.8, 4) is 23.0 Å². The van der Waals surface area contributed by atoms with Crippen LogP contribution in [0.3, 0.4) is 0 Å². The third-order valence-electron chi connectivity index (χ3n) is 4.58. The van der Waals surface area contributed by atoms with Crippen molar-refractivity contribution >= 4 is 29.7 Å². The van der Waals surface area contributed by atoms with Crippen molar-refractivity contribution in [2.24, 2.45) is 5.10 Å². The van der Waals surface area contributed by atoms with E-state index in [1.165, 1.54) is 13.3 Å². The Bertz CT molecular complexity index is 1180. The molecule has 0 aromatic heterocycles. The lowest BCUT2D eigenvalue weighted by atomic mass is 10.2. The van der Waals surface area contributed by atoms with Gasteiger partial charge in [-0.05, 0) is 73.2 Å². The molecule has 0 saturated heterocycles. The Morgan fingerprint density at radius 3 is 2.09 bits per heavy atom. The summed E-state index contributed by atoms with van der Waals surface area (Å²) in [7, 11) is 3.09. The minimum atomic E-state index is -0.598. The van der Waals surface area contributed by atoms with Crippen LogP contribution in [-0.4, -0.2) is 38.9 Å². The van der Waals surface area contributed by atoms with Crippen LogP contribution in [0, 0.1) is 0 Å². The number of ether oxygens (including phenoxy) is 4. The standard InChI is InChI=1S/C25H23ClN2O6/c1-4-33-22-14-16(15-27-28-24(29)17-5-9-19(31-2)10-6-17)13-21(26)23(22)34-25(30)18-7-11-20(32-3)12-8-18/h5-15H,4H2,1-3H3,(H,28,29)/b27-15+. The van der Waals surface area contributed by atoms with Gasteiger partial charge in [0.25, 0.3) is 5.91 Å². The highest BCUT2D eigenvalue weighted by Crippen LogP contribution is 2.37. The first-order valence-electron chi connectivity index (χ1n) is 10.2. The predicted octanol–water partition coefficient (Wildman–Crippen LogP) is 4.74. The molecule has 1 amide bonds. The van der Waals surface area contributed by atoms with Crippen LogP contribution >= 0.6 is 11.6 Å². The zero-order chi connectivity index (χ0) is 24.5. The van der Waals surface area contributed by atoms with Crippen LogP contribution in [0.15, 0.2) is 65.8 Å². The minimum Gasteiger partial charge on any atom is -0.497 e. The highest BCUT2D eigenvalue weighted by molar-refractivity contribution is 6.32. The Balaban J connectivity index is 1.74. The quantitative estimate of drug-likeness (QED) is 0.205. The van der Waals surface area contributed by atoms with E-state index in [9.17, 15) is 9.59 Å². The molecule has 176 valence electrons. The normalized spacial score (nSPS) is 10.6. The Kier molecular flexibility index (Phi) is 8.48. The number of esters is 1. The molecule has 34 heavy (non-hydrogen) atoms. The third-order valence-corrected chi connectivity index (χ3v) is 4.86. The number of amides is 1. The molecule has 0 saturated carbocycles. The Hall–Kier alpha value is -4.04. The number of hydrogen-bond acceptors (Lipinski definition) is 7. The number of carbonyl (C=O) groups is 2. The first kappa shape index (κ1) is 24.6. The van der Waals surface area contributed by atoms with Crippen molar-refractivity contribution < 1.29 is 28.5 Å². The average molecular weight is 483 g/mol. The molecule has 0 aliphatic rings. The fraction of sp³-hybridized carbons (Fsp3) is 0.160. The molecule has 0 fully saturated rings. The second kappa shape index (κ2) is 11.7. The van der Waals surface area contributed by atoms with Crippen LogP contribution in [0.25, 0.3) is 0 Å². The SMILES string of the molecule is CCOc1cc(/C=N/NC(=O)c2ccc(OC)cc2)cc(Cl)c1OC(=O)c1ccc(OC)cc1. The van der Waals surface area contributed by atoms with E-state index in [0.717, 1.165) is 0 Å². The van der Waals surface area contributed by atoms with E-state index in [2.05, 4.69) is 10.5 Å². The number of benzene rings is 3. The summed E-state index contributed by atoms with van der Waals surface area (Å²) in [5, 5.41) is 4.12. The number of carbonyl (C=O) groups excluding carboxylic acids is 2. The monoisotopic (exact) mass is 482 g/mol. The van der Waals surface area contributed by atoms with Crippen molar-refractivity contribution in [1.29, 1.82) is 0 Å². The van der Waals surface area contributed by atoms with Gasteiger partial charge in [0.2, 0.25) is 0 Å². The Morgan fingerprint density at radius 1 is 0.941 bits per heavy atom. The van der Waals surface area contributed by atoms with Gasteiger partial charge in [-0.2, -0.15) is 5.10 Å². The van der Waals surface area contributed by atoms with Gasteiger partial charge in [0.05, 0.1) is 37.6 Å². The molecule has 8 nitrogen and oxygen atoms in total.